The first-order chi connectivity index (χ1) is 5.58. The second kappa shape index (κ2) is 3.88. The zero-order chi connectivity index (χ0) is 9.03. The van der Waals surface area contributed by atoms with Crippen LogP contribution in [0.1, 0.15) is 0 Å². The van der Waals surface area contributed by atoms with Crippen LogP contribution in [0.2, 0.25) is 0 Å². The monoisotopic (exact) mass is 206 g/mol. The van der Waals surface area contributed by atoms with E-state index in [9.17, 15) is 8.42 Å². The minimum atomic E-state index is -3.38. The van der Waals surface area contributed by atoms with Crippen molar-refractivity contribution in [2.24, 2.45) is 0 Å². The summed E-state index contributed by atoms with van der Waals surface area (Å²) in [5, 5.41) is 0.642. The van der Waals surface area contributed by atoms with Crippen molar-refractivity contribution < 1.29 is 17.0 Å². The van der Waals surface area contributed by atoms with Crippen molar-refractivity contribution in [2.75, 3.05) is 6.26 Å². The van der Waals surface area contributed by atoms with Crippen LogP contribution in [0.15, 0.2) is 29.4 Å². The molecule has 0 aliphatic heterocycles. The van der Waals surface area contributed by atoms with Crippen molar-refractivity contribution in [1.82, 2.24) is 0 Å². The maximum Gasteiger partial charge on any atom is 0.275 e. The average Bonchev–Trinajstić information content (AvgIpc) is 2.02. The van der Waals surface area contributed by atoms with Gasteiger partial charge in [0.1, 0.15) is 12.0 Å². The molecule has 0 atom stereocenters. The minimum Gasteiger partial charge on any atom is -0.204 e. The van der Waals surface area contributed by atoms with Crippen LogP contribution < -0.4 is 4.98 Å². The van der Waals surface area contributed by atoms with Crippen molar-refractivity contribution in [3.05, 3.63) is 24.4 Å². The molecule has 0 radical (unpaired) electrons. The van der Waals surface area contributed by atoms with Gasteiger partial charge >= 0.3 is 0 Å². The summed E-state index contributed by atoms with van der Waals surface area (Å²) in [7, 11) is -3.38. The molecule has 1 aromatic rings. The van der Waals surface area contributed by atoms with E-state index in [2.05, 4.69) is 8.61 Å². The lowest BCUT2D eigenvalue weighted by molar-refractivity contribution is -0.427. The van der Waals surface area contributed by atoms with Crippen molar-refractivity contribution in [1.29, 1.82) is 0 Å². The standard InChI is InChI=1S/C6H7NO3S2/c1-12(8,9)10-11-6-4-2-3-5-7-6/h2-5H,1H3/p+1. The van der Waals surface area contributed by atoms with Gasteiger partial charge in [0.05, 0.1) is 6.26 Å². The number of hydrogen-bond donors (Lipinski definition) is 0. The number of hydrogen-bond acceptors (Lipinski definition) is 4. The van der Waals surface area contributed by atoms with E-state index >= 15 is 0 Å². The number of nitrogens with one attached hydrogen (secondary N) is 1. The van der Waals surface area contributed by atoms with Gasteiger partial charge in [0.25, 0.3) is 15.1 Å². The van der Waals surface area contributed by atoms with Gasteiger partial charge in [-0.2, -0.15) is 12.0 Å². The van der Waals surface area contributed by atoms with Gasteiger partial charge in [0, 0.05) is 12.1 Å². The third-order valence-electron chi connectivity index (χ3n) is 0.928. The maximum atomic E-state index is 10.5. The van der Waals surface area contributed by atoms with Gasteiger partial charge in [0.2, 0.25) is 0 Å². The van der Waals surface area contributed by atoms with Gasteiger partial charge < -0.3 is 0 Å². The number of rotatable bonds is 3. The van der Waals surface area contributed by atoms with Gasteiger partial charge in [-0.15, -0.1) is 0 Å². The van der Waals surface area contributed by atoms with E-state index < -0.39 is 10.1 Å². The smallest absolute Gasteiger partial charge is 0.204 e. The Morgan fingerprint density at radius 2 is 2.25 bits per heavy atom. The third kappa shape index (κ3) is 3.70. The van der Waals surface area contributed by atoms with Crippen molar-refractivity contribution >= 4 is 22.2 Å². The van der Waals surface area contributed by atoms with Crippen LogP contribution in [0, 0.1) is 0 Å². The van der Waals surface area contributed by atoms with Crippen molar-refractivity contribution in [3.63, 3.8) is 0 Å². The molecule has 0 saturated carbocycles. The Morgan fingerprint density at radius 1 is 1.50 bits per heavy atom. The molecule has 0 saturated heterocycles. The Hall–Kier alpha value is -0.590. The molecule has 1 N–H and O–H groups in total. The fourth-order valence-corrected chi connectivity index (χ4v) is 1.57. The molecule has 0 aliphatic carbocycles. The first kappa shape index (κ1) is 9.50. The first-order valence-electron chi connectivity index (χ1n) is 3.11. The van der Waals surface area contributed by atoms with Crippen LogP contribution in [0.4, 0.5) is 0 Å². The number of aromatic nitrogens is 1. The fraction of sp³-hybridized carbons (Fsp3) is 0.167. The van der Waals surface area contributed by atoms with Crippen molar-refractivity contribution in [3.8, 4) is 0 Å². The first-order valence-corrected chi connectivity index (χ1v) is 5.66. The lowest BCUT2D eigenvalue weighted by Crippen LogP contribution is -2.05. The third-order valence-corrected chi connectivity index (χ3v) is 2.62. The molecule has 66 valence electrons. The Balaban J connectivity index is 2.56. The number of H-pyrrole nitrogens is 1. The van der Waals surface area contributed by atoms with E-state index in [0.717, 1.165) is 18.3 Å². The molecule has 0 aliphatic rings. The Morgan fingerprint density at radius 3 is 2.75 bits per heavy atom. The predicted molar refractivity (Wildman–Crippen MR) is 44.8 cm³/mol. The lowest BCUT2D eigenvalue weighted by atomic mass is 10.5. The zero-order valence-corrected chi connectivity index (χ0v) is 7.98. The van der Waals surface area contributed by atoms with Crippen molar-refractivity contribution in [2.45, 2.75) is 5.03 Å². The Bertz CT molecular complexity index is 335. The minimum absolute atomic E-state index is 0.642. The van der Waals surface area contributed by atoms with Gasteiger partial charge in [-0.3, -0.25) is 0 Å². The topological polar surface area (TPSA) is 57.5 Å². The quantitative estimate of drug-likeness (QED) is 0.675. The predicted octanol–water partition coefficient (Wildman–Crippen LogP) is 0.484. The van der Waals surface area contributed by atoms with Crippen LogP contribution in [0.5, 0.6) is 0 Å². The molecular formula is C6H8NO3S2+. The highest BCUT2D eigenvalue weighted by atomic mass is 32.3. The highest BCUT2D eigenvalue weighted by molar-refractivity contribution is 8.04. The average molecular weight is 206 g/mol. The summed E-state index contributed by atoms with van der Waals surface area (Å²) < 4.78 is 25.6. The molecule has 4 nitrogen and oxygen atoms in total. The summed E-state index contributed by atoms with van der Waals surface area (Å²) in [5.41, 5.74) is 0. The van der Waals surface area contributed by atoms with Crippen LogP contribution in [-0.2, 0) is 13.7 Å². The Kier molecular flexibility index (Phi) is 3.07. The summed E-state index contributed by atoms with van der Waals surface area (Å²) >= 11 is 0.784. The van der Waals surface area contributed by atoms with Crippen LogP contribution in [-0.4, -0.2) is 14.7 Å². The van der Waals surface area contributed by atoms with E-state index in [-0.39, 0.29) is 0 Å². The molecule has 1 heterocycles. The molecule has 1 rings (SSSR count). The molecular weight excluding hydrogens is 198 g/mol. The van der Waals surface area contributed by atoms with Gasteiger partial charge in [-0.25, -0.2) is 4.98 Å². The highest BCUT2D eigenvalue weighted by Crippen LogP contribution is 2.14. The number of pyridine rings is 1. The largest absolute Gasteiger partial charge is 0.275 e. The highest BCUT2D eigenvalue weighted by Gasteiger charge is 2.07. The van der Waals surface area contributed by atoms with E-state index in [1.165, 1.54) is 0 Å². The maximum absolute atomic E-state index is 10.5. The van der Waals surface area contributed by atoms with E-state index in [1.54, 1.807) is 24.4 Å². The normalized spacial score (nSPS) is 11.4. The summed E-state index contributed by atoms with van der Waals surface area (Å²) in [5.74, 6) is 0. The molecule has 6 heteroatoms. The molecule has 0 fully saturated rings. The zero-order valence-electron chi connectivity index (χ0n) is 6.35. The Labute approximate surface area is 75.3 Å². The molecule has 0 spiro atoms. The van der Waals surface area contributed by atoms with E-state index in [1.807, 2.05) is 0 Å². The van der Waals surface area contributed by atoms with Gasteiger partial charge in [-0.05, 0) is 6.07 Å². The van der Waals surface area contributed by atoms with E-state index in [0.29, 0.717) is 5.03 Å². The molecule has 0 unspecified atom stereocenters. The molecule has 1 aromatic heterocycles. The lowest BCUT2D eigenvalue weighted by Gasteiger charge is -1.92. The van der Waals surface area contributed by atoms with Crippen LogP contribution in [0.25, 0.3) is 0 Å². The summed E-state index contributed by atoms with van der Waals surface area (Å²) in [6.45, 7) is 0. The summed E-state index contributed by atoms with van der Waals surface area (Å²) in [4.78, 5) is 2.81. The van der Waals surface area contributed by atoms with Crippen LogP contribution in [0.3, 0.4) is 0 Å². The van der Waals surface area contributed by atoms with Gasteiger partial charge in [-0.1, -0.05) is 0 Å². The summed E-state index contributed by atoms with van der Waals surface area (Å²) in [6, 6.07) is 5.30. The molecule has 0 bridgehead atoms. The fourth-order valence-electron chi connectivity index (χ4n) is 0.527. The molecule has 12 heavy (non-hydrogen) atoms. The summed E-state index contributed by atoms with van der Waals surface area (Å²) in [6.07, 6.45) is 2.69. The molecule has 0 aromatic carbocycles. The second-order valence-corrected chi connectivity index (χ2v) is 4.64. The SMILES string of the molecule is CS(=O)(=O)OSc1cccc[nH+]1. The molecule has 0 amide bonds. The van der Waals surface area contributed by atoms with Gasteiger partial charge in [0.15, 0.2) is 6.20 Å². The second-order valence-electron chi connectivity index (χ2n) is 2.08. The van der Waals surface area contributed by atoms with Crippen LogP contribution >= 0.6 is 12.0 Å². The van der Waals surface area contributed by atoms with E-state index in [4.69, 9.17) is 0 Å². The number of aromatic amines is 1.